The maximum Gasteiger partial charge on any atom is 0.367 e. The van der Waals surface area contributed by atoms with Gasteiger partial charge in [0.25, 0.3) is 0 Å². The van der Waals surface area contributed by atoms with Crippen LogP contribution in [-0.4, -0.2) is 17.6 Å². The van der Waals surface area contributed by atoms with E-state index >= 15 is 0 Å². The molecule has 62 valence electrons. The molecule has 5 heteroatoms. The van der Waals surface area contributed by atoms with Crippen molar-refractivity contribution in [1.29, 1.82) is 5.26 Å². The lowest BCUT2D eigenvalue weighted by atomic mass is 10.6. The van der Waals surface area contributed by atoms with Crippen molar-refractivity contribution in [3.63, 3.8) is 0 Å². The van der Waals surface area contributed by atoms with Gasteiger partial charge in [-0.3, -0.25) is 0 Å². The van der Waals surface area contributed by atoms with Gasteiger partial charge in [-0.1, -0.05) is 11.3 Å². The van der Waals surface area contributed by atoms with Crippen molar-refractivity contribution in [3.8, 4) is 6.07 Å². The molecule has 0 fully saturated rings. The molecular weight excluding hydrogens is 176 g/mol. The van der Waals surface area contributed by atoms with Crippen LogP contribution in [0, 0.1) is 11.3 Å². The van der Waals surface area contributed by atoms with Gasteiger partial charge in [0.15, 0.2) is 0 Å². The van der Waals surface area contributed by atoms with E-state index in [1.165, 1.54) is 6.20 Å². The molecule has 0 radical (unpaired) electrons. The number of aromatic nitrogens is 1. The first kappa shape index (κ1) is 8.68. The van der Waals surface area contributed by atoms with Crippen LogP contribution in [0.3, 0.4) is 0 Å². The zero-order valence-electron chi connectivity index (χ0n) is 6.40. The third-order valence-electron chi connectivity index (χ3n) is 1.07. The number of thiazole rings is 1. The van der Waals surface area contributed by atoms with Crippen LogP contribution >= 0.6 is 11.3 Å². The van der Waals surface area contributed by atoms with Gasteiger partial charge in [-0.25, -0.2) is 9.78 Å². The number of rotatable bonds is 2. The Morgan fingerprint density at radius 1 is 1.92 bits per heavy atom. The molecule has 0 aliphatic carbocycles. The molecule has 1 rings (SSSR count). The van der Waals surface area contributed by atoms with Crippen molar-refractivity contribution in [1.82, 2.24) is 4.98 Å². The minimum absolute atomic E-state index is 0.230. The number of nitriles is 1. The highest BCUT2D eigenvalue weighted by Gasteiger charge is 2.10. The van der Waals surface area contributed by atoms with Crippen molar-refractivity contribution < 1.29 is 9.53 Å². The van der Waals surface area contributed by atoms with E-state index in [9.17, 15) is 4.79 Å². The average Bonchev–Trinajstić information content (AvgIpc) is 2.52. The molecule has 0 bridgehead atoms. The van der Waals surface area contributed by atoms with E-state index < -0.39 is 5.97 Å². The highest BCUT2D eigenvalue weighted by atomic mass is 32.1. The zero-order valence-corrected chi connectivity index (χ0v) is 7.22. The summed E-state index contributed by atoms with van der Waals surface area (Å²) in [5.41, 5.74) is 0. The van der Waals surface area contributed by atoms with E-state index in [0.717, 1.165) is 11.3 Å². The fourth-order valence-corrected chi connectivity index (χ4v) is 1.22. The Kier molecular flexibility index (Phi) is 2.77. The molecule has 0 saturated heterocycles. The van der Waals surface area contributed by atoms with E-state index in [2.05, 4.69) is 9.72 Å². The molecule has 4 nitrogen and oxygen atoms in total. The summed E-state index contributed by atoms with van der Waals surface area (Å²) in [4.78, 5) is 15.1. The van der Waals surface area contributed by atoms with Gasteiger partial charge in [0.1, 0.15) is 10.9 Å². The standard InChI is InChI=1S/C7H6N2O2S/c1-2-11-7(10)6-9-4-5(3-8)12-6/h4H,2H2,1H3. The Morgan fingerprint density at radius 2 is 2.67 bits per heavy atom. The molecule has 0 spiro atoms. The van der Waals surface area contributed by atoms with E-state index in [4.69, 9.17) is 5.26 Å². The number of hydrogen-bond acceptors (Lipinski definition) is 5. The first-order valence-electron chi connectivity index (χ1n) is 3.31. The van der Waals surface area contributed by atoms with Gasteiger partial charge in [-0.05, 0) is 6.92 Å². The van der Waals surface area contributed by atoms with Crippen molar-refractivity contribution in [2.45, 2.75) is 6.92 Å². The summed E-state index contributed by atoms with van der Waals surface area (Å²) in [6.45, 7) is 2.04. The fourth-order valence-electron chi connectivity index (χ4n) is 0.613. The monoisotopic (exact) mass is 182 g/mol. The van der Waals surface area contributed by atoms with Crippen LogP contribution in [-0.2, 0) is 4.74 Å². The normalized spacial score (nSPS) is 9.00. The highest BCUT2D eigenvalue weighted by Crippen LogP contribution is 2.12. The first-order valence-corrected chi connectivity index (χ1v) is 4.12. The van der Waals surface area contributed by atoms with Crippen molar-refractivity contribution in [2.24, 2.45) is 0 Å². The van der Waals surface area contributed by atoms with E-state index in [0.29, 0.717) is 11.5 Å². The van der Waals surface area contributed by atoms with E-state index in [1.54, 1.807) is 6.92 Å². The van der Waals surface area contributed by atoms with Gasteiger partial charge >= 0.3 is 5.97 Å². The van der Waals surface area contributed by atoms with E-state index in [-0.39, 0.29) is 5.01 Å². The number of hydrogen-bond donors (Lipinski definition) is 0. The SMILES string of the molecule is CCOC(=O)c1ncc(C#N)s1. The Balaban J connectivity index is 2.76. The molecule has 1 aromatic rings. The fraction of sp³-hybridized carbons (Fsp3) is 0.286. The quantitative estimate of drug-likeness (QED) is 0.644. The summed E-state index contributed by atoms with van der Waals surface area (Å²) in [6.07, 6.45) is 1.36. The lowest BCUT2D eigenvalue weighted by Gasteiger charge is -1.94. The number of ether oxygens (including phenoxy) is 1. The lowest BCUT2D eigenvalue weighted by Crippen LogP contribution is -2.03. The average molecular weight is 182 g/mol. The molecule has 0 amide bonds. The van der Waals surface area contributed by atoms with Gasteiger partial charge in [-0.2, -0.15) is 5.26 Å². The smallest absolute Gasteiger partial charge is 0.367 e. The summed E-state index contributed by atoms with van der Waals surface area (Å²) in [5, 5.41) is 8.66. The molecule has 0 aliphatic heterocycles. The molecule has 0 aliphatic rings. The molecule has 0 N–H and O–H groups in total. The second-order valence-electron chi connectivity index (χ2n) is 1.86. The second-order valence-corrected chi connectivity index (χ2v) is 2.89. The Hall–Kier alpha value is -1.41. The zero-order chi connectivity index (χ0) is 8.97. The molecule has 1 heterocycles. The number of carbonyl (C=O) groups excluding carboxylic acids is 1. The maximum atomic E-state index is 11.0. The van der Waals surface area contributed by atoms with Crippen LogP contribution in [0.5, 0.6) is 0 Å². The summed E-state index contributed by atoms with van der Waals surface area (Å²) in [7, 11) is 0. The van der Waals surface area contributed by atoms with Gasteiger partial charge in [0, 0.05) is 0 Å². The van der Waals surface area contributed by atoms with Crippen LogP contribution in [0.15, 0.2) is 6.20 Å². The summed E-state index contributed by atoms with van der Waals surface area (Å²) in [6, 6.07) is 1.89. The van der Waals surface area contributed by atoms with Crippen LogP contribution < -0.4 is 0 Å². The topological polar surface area (TPSA) is 63.0 Å². The Bertz CT molecular complexity index is 326. The lowest BCUT2D eigenvalue weighted by molar-refractivity contribution is 0.0526. The Morgan fingerprint density at radius 3 is 3.17 bits per heavy atom. The molecule has 1 aromatic heterocycles. The Labute approximate surface area is 73.4 Å². The summed E-state index contributed by atoms with van der Waals surface area (Å²) in [5.74, 6) is -0.469. The molecule has 0 saturated carbocycles. The maximum absolute atomic E-state index is 11.0. The minimum atomic E-state index is -0.469. The molecule has 0 atom stereocenters. The van der Waals surface area contributed by atoms with Crippen LogP contribution in [0.2, 0.25) is 0 Å². The predicted molar refractivity (Wildman–Crippen MR) is 42.8 cm³/mol. The third kappa shape index (κ3) is 1.80. The minimum Gasteiger partial charge on any atom is -0.461 e. The second kappa shape index (κ2) is 3.83. The van der Waals surface area contributed by atoms with E-state index in [1.807, 2.05) is 6.07 Å². The molecule has 0 unspecified atom stereocenters. The molecular formula is C7H6N2O2S. The molecule has 0 aromatic carbocycles. The van der Waals surface area contributed by atoms with Crippen molar-refractivity contribution >= 4 is 17.3 Å². The first-order chi connectivity index (χ1) is 5.77. The predicted octanol–water partition coefficient (Wildman–Crippen LogP) is 1.19. The molecule has 12 heavy (non-hydrogen) atoms. The largest absolute Gasteiger partial charge is 0.461 e. The van der Waals surface area contributed by atoms with Crippen molar-refractivity contribution in [3.05, 3.63) is 16.1 Å². The van der Waals surface area contributed by atoms with Crippen LogP contribution in [0.1, 0.15) is 21.6 Å². The highest BCUT2D eigenvalue weighted by molar-refractivity contribution is 7.14. The van der Waals surface area contributed by atoms with Gasteiger partial charge in [0.05, 0.1) is 12.8 Å². The van der Waals surface area contributed by atoms with Crippen molar-refractivity contribution in [2.75, 3.05) is 6.61 Å². The summed E-state index contributed by atoms with van der Waals surface area (Å²) >= 11 is 1.03. The number of nitrogens with zero attached hydrogens (tertiary/aromatic N) is 2. The number of carbonyl (C=O) groups is 1. The van der Waals surface area contributed by atoms with Gasteiger partial charge < -0.3 is 4.74 Å². The van der Waals surface area contributed by atoms with Crippen LogP contribution in [0.4, 0.5) is 0 Å². The van der Waals surface area contributed by atoms with Gasteiger partial charge in [0.2, 0.25) is 5.01 Å². The summed E-state index contributed by atoms with van der Waals surface area (Å²) < 4.78 is 4.69. The number of esters is 1. The van der Waals surface area contributed by atoms with Crippen LogP contribution in [0.25, 0.3) is 0 Å². The van der Waals surface area contributed by atoms with Gasteiger partial charge in [-0.15, -0.1) is 0 Å². The third-order valence-corrected chi connectivity index (χ3v) is 1.95.